The Balaban J connectivity index is 2.69. The molecule has 0 fully saturated rings. The van der Waals surface area contributed by atoms with Crippen LogP contribution in [0.3, 0.4) is 0 Å². The van der Waals surface area contributed by atoms with Crippen LogP contribution in [0.15, 0.2) is 30.3 Å². The molecule has 1 atom stereocenters. The molecule has 0 aliphatic carbocycles. The molecule has 134 valence electrons. The van der Waals surface area contributed by atoms with Gasteiger partial charge in [0.05, 0.1) is 0 Å². The second-order valence-electron chi connectivity index (χ2n) is 5.60. The molecule has 0 amide bonds. The highest BCUT2D eigenvalue weighted by molar-refractivity contribution is 7.65. The smallest absolute Gasteiger partial charge is 0.381 e. The maximum absolute atomic E-state index is 10.6. The Morgan fingerprint density at radius 2 is 1.96 bits per heavy atom. The number of hydrogen-bond acceptors (Lipinski definition) is 2. The zero-order chi connectivity index (χ0) is 18.0. The number of benzene rings is 1. The van der Waals surface area contributed by atoms with Crippen LogP contribution in [0, 0.1) is 0 Å². The Bertz CT molecular complexity index is 544. The van der Waals surface area contributed by atoms with Crippen molar-refractivity contribution in [2.75, 3.05) is 0 Å². The van der Waals surface area contributed by atoms with Crippen LogP contribution in [0.5, 0.6) is 5.75 Å². The van der Waals surface area contributed by atoms with Crippen molar-refractivity contribution in [3.05, 3.63) is 35.9 Å². The van der Waals surface area contributed by atoms with Crippen molar-refractivity contribution < 1.29 is 14.6 Å². The average molecular weight is 410 g/mol. The molecule has 0 bridgehead atoms. The third kappa shape index (κ3) is 8.97. The molecule has 24 heavy (non-hydrogen) atoms. The molecule has 0 saturated carbocycles. The highest BCUT2D eigenvalue weighted by Crippen LogP contribution is 2.31. The molecular weight excluding hydrogens is 387 g/mol. The standard InChI is InChI=1S/C17H23Cl3O3Si/c1-2-3-4-5-6-10-17(24(18,19)20)23-15-9-7-8-14(13-15)11-12-16(21)22/h7-9,11-13,17H,2-6,10H2,1H3,(H,21,22)/b12-11+. The molecule has 0 spiro atoms. The lowest BCUT2D eigenvalue weighted by Gasteiger charge is -2.24. The summed E-state index contributed by atoms with van der Waals surface area (Å²) in [6, 6.07) is 4.10. The fraction of sp³-hybridized carbons (Fsp3) is 0.471. The van der Waals surface area contributed by atoms with Gasteiger partial charge in [-0.1, -0.05) is 44.7 Å². The van der Waals surface area contributed by atoms with Crippen LogP contribution in [0.25, 0.3) is 6.08 Å². The van der Waals surface area contributed by atoms with Crippen molar-refractivity contribution in [1.82, 2.24) is 0 Å². The normalized spacial score (nSPS) is 13.2. The van der Waals surface area contributed by atoms with Gasteiger partial charge in [0, 0.05) is 6.08 Å². The summed E-state index contributed by atoms with van der Waals surface area (Å²) >= 11 is 18.6. The van der Waals surface area contributed by atoms with Crippen LogP contribution < -0.4 is 4.74 Å². The van der Waals surface area contributed by atoms with Crippen LogP contribution in [-0.4, -0.2) is 22.8 Å². The number of carboxylic acids is 1. The second kappa shape index (κ2) is 11.0. The van der Waals surface area contributed by atoms with E-state index in [-0.39, 0.29) is 0 Å². The van der Waals surface area contributed by atoms with Crippen molar-refractivity contribution in [1.29, 1.82) is 0 Å². The van der Waals surface area contributed by atoms with Crippen molar-refractivity contribution in [3.8, 4) is 5.75 Å². The van der Waals surface area contributed by atoms with Crippen molar-refractivity contribution in [3.63, 3.8) is 0 Å². The highest BCUT2D eigenvalue weighted by Gasteiger charge is 2.38. The first kappa shape index (κ1) is 21.4. The number of rotatable bonds is 11. The van der Waals surface area contributed by atoms with Crippen molar-refractivity contribution >= 4 is 51.3 Å². The second-order valence-corrected chi connectivity index (χ2v) is 14.4. The van der Waals surface area contributed by atoms with Gasteiger partial charge in [0.2, 0.25) is 0 Å². The van der Waals surface area contributed by atoms with Gasteiger partial charge in [-0.2, -0.15) is 0 Å². The molecule has 7 heteroatoms. The lowest BCUT2D eigenvalue weighted by atomic mass is 10.1. The Morgan fingerprint density at radius 1 is 1.25 bits per heavy atom. The van der Waals surface area contributed by atoms with E-state index in [0.717, 1.165) is 24.5 Å². The Labute approximate surface area is 158 Å². The van der Waals surface area contributed by atoms with Gasteiger partial charge in [0.25, 0.3) is 0 Å². The summed E-state index contributed by atoms with van der Waals surface area (Å²) in [6.07, 6.45) is 8.94. The molecule has 0 aliphatic heterocycles. The molecule has 1 N–H and O–H groups in total. The van der Waals surface area contributed by atoms with Crippen LogP contribution in [-0.2, 0) is 4.79 Å². The molecular formula is C17H23Cl3O3Si. The lowest BCUT2D eigenvalue weighted by molar-refractivity contribution is -0.131. The lowest BCUT2D eigenvalue weighted by Crippen LogP contribution is -2.36. The minimum absolute atomic E-state index is 0.414. The highest BCUT2D eigenvalue weighted by atomic mass is 35.8. The third-order valence-electron chi connectivity index (χ3n) is 3.49. The van der Waals surface area contributed by atoms with Gasteiger partial charge < -0.3 is 9.84 Å². The van der Waals surface area contributed by atoms with Gasteiger partial charge >= 0.3 is 12.0 Å². The van der Waals surface area contributed by atoms with Gasteiger partial charge in [-0.25, -0.2) is 4.79 Å². The van der Waals surface area contributed by atoms with Crippen LogP contribution >= 0.6 is 33.2 Å². The fourth-order valence-corrected chi connectivity index (χ4v) is 4.43. The van der Waals surface area contributed by atoms with Crippen LogP contribution in [0.2, 0.25) is 0 Å². The molecule has 1 aromatic carbocycles. The number of unbranched alkanes of at least 4 members (excludes halogenated alkanes) is 4. The molecule has 0 radical (unpaired) electrons. The van der Waals surface area contributed by atoms with E-state index in [1.807, 2.05) is 0 Å². The molecule has 0 aliphatic rings. The Hall–Kier alpha value is -0.683. The molecule has 1 unspecified atom stereocenters. The molecule has 1 rings (SSSR count). The SMILES string of the molecule is CCCCCCCC(Oc1cccc(/C=C/C(=O)O)c1)[Si](Cl)(Cl)Cl. The number of carbonyl (C=O) groups is 1. The number of aliphatic carboxylic acids is 1. The first-order valence-corrected chi connectivity index (χ1v) is 13.2. The summed E-state index contributed by atoms with van der Waals surface area (Å²) in [5, 5.41) is 8.69. The van der Waals surface area contributed by atoms with E-state index in [1.54, 1.807) is 24.3 Å². The topological polar surface area (TPSA) is 46.5 Å². The largest absolute Gasteiger partial charge is 0.490 e. The quantitative estimate of drug-likeness (QED) is 0.208. The van der Waals surface area contributed by atoms with E-state index in [4.69, 9.17) is 43.1 Å². The minimum atomic E-state index is -3.01. The third-order valence-corrected chi connectivity index (χ3v) is 6.82. The Morgan fingerprint density at radius 3 is 2.58 bits per heavy atom. The zero-order valence-electron chi connectivity index (χ0n) is 13.7. The summed E-state index contributed by atoms with van der Waals surface area (Å²) in [6.45, 7) is 2.17. The first-order valence-electron chi connectivity index (χ1n) is 8.07. The molecule has 3 nitrogen and oxygen atoms in total. The predicted octanol–water partition coefficient (Wildman–Crippen LogP) is 6.09. The molecule has 1 aromatic rings. The molecule has 0 saturated heterocycles. The van der Waals surface area contributed by atoms with Gasteiger partial charge in [-0.15, -0.1) is 33.2 Å². The summed E-state index contributed by atoms with van der Waals surface area (Å²) in [5.41, 5.74) is 0.311. The van der Waals surface area contributed by atoms with Gasteiger partial charge in [0.15, 0.2) is 0 Å². The first-order chi connectivity index (χ1) is 11.3. The Kier molecular flexibility index (Phi) is 9.82. The van der Waals surface area contributed by atoms with E-state index < -0.39 is 17.7 Å². The zero-order valence-corrected chi connectivity index (χ0v) is 16.9. The van der Waals surface area contributed by atoms with E-state index in [9.17, 15) is 4.79 Å². The van der Waals surface area contributed by atoms with E-state index in [2.05, 4.69) is 6.92 Å². The van der Waals surface area contributed by atoms with Crippen molar-refractivity contribution in [2.45, 2.75) is 51.2 Å². The summed E-state index contributed by atoms with van der Waals surface area (Å²) in [4.78, 5) is 10.6. The predicted molar refractivity (Wildman–Crippen MR) is 104 cm³/mol. The summed E-state index contributed by atoms with van der Waals surface area (Å²) in [5.74, 6) is -0.417. The number of halogens is 3. The number of ether oxygens (including phenoxy) is 1. The van der Waals surface area contributed by atoms with Gasteiger partial charge in [-0.3, -0.25) is 0 Å². The average Bonchev–Trinajstić information content (AvgIpc) is 2.51. The maximum atomic E-state index is 10.6. The summed E-state index contributed by atoms with van der Waals surface area (Å²) in [7, 11) is 0. The fourth-order valence-electron chi connectivity index (χ4n) is 2.25. The van der Waals surface area contributed by atoms with Crippen LogP contribution in [0.4, 0.5) is 0 Å². The molecule has 0 heterocycles. The number of carboxylic acid groups (broad SMARTS) is 1. The van der Waals surface area contributed by atoms with Gasteiger partial charge in [-0.05, 0) is 36.6 Å². The molecule has 0 aromatic heterocycles. The summed E-state index contributed by atoms with van der Waals surface area (Å²) < 4.78 is 5.92. The van der Waals surface area contributed by atoms with E-state index >= 15 is 0 Å². The van der Waals surface area contributed by atoms with Gasteiger partial charge in [0.1, 0.15) is 11.5 Å². The van der Waals surface area contributed by atoms with E-state index in [0.29, 0.717) is 12.2 Å². The maximum Gasteiger partial charge on any atom is 0.381 e. The van der Waals surface area contributed by atoms with Crippen molar-refractivity contribution in [2.24, 2.45) is 0 Å². The van der Waals surface area contributed by atoms with E-state index in [1.165, 1.54) is 25.3 Å². The number of hydrogen-bond donors (Lipinski definition) is 1. The van der Waals surface area contributed by atoms with Crippen LogP contribution in [0.1, 0.15) is 51.0 Å². The minimum Gasteiger partial charge on any atom is -0.490 e. The monoisotopic (exact) mass is 408 g/mol.